The Bertz CT molecular complexity index is 1580. The molecule has 0 saturated heterocycles. The molecular weight excluding hydrogens is 555 g/mol. The fraction of sp³-hybridized carbons (Fsp3) is 0.156. The molecule has 0 fully saturated rings. The van der Waals surface area contributed by atoms with Crippen molar-refractivity contribution in [2.45, 2.75) is 32.2 Å². The predicted octanol–water partition coefficient (Wildman–Crippen LogP) is 7.82. The van der Waals surface area contributed by atoms with Crippen LogP contribution >= 0.6 is 0 Å². The van der Waals surface area contributed by atoms with Gasteiger partial charge in [0, 0.05) is 17.5 Å². The minimum Gasteiger partial charge on any atom is -0.458 e. The van der Waals surface area contributed by atoms with Crippen LogP contribution in [0.3, 0.4) is 0 Å². The van der Waals surface area contributed by atoms with Gasteiger partial charge in [0.25, 0.3) is 0 Å². The lowest BCUT2D eigenvalue weighted by atomic mass is 9.95. The van der Waals surface area contributed by atoms with E-state index in [-0.39, 0.29) is 17.9 Å². The number of carbonyl (C=O) groups excluding carboxylic acids is 1. The summed E-state index contributed by atoms with van der Waals surface area (Å²) in [5.41, 5.74) is 16.2. The fourth-order valence-electron chi connectivity index (χ4n) is 4.25. The van der Waals surface area contributed by atoms with E-state index in [9.17, 15) is 26.7 Å². The molecule has 0 unspecified atom stereocenters. The number of alkyl halides is 5. The summed E-state index contributed by atoms with van der Waals surface area (Å²) in [6.45, 7) is 1.89. The third-order valence-electron chi connectivity index (χ3n) is 6.27. The molecule has 10 heteroatoms. The summed E-state index contributed by atoms with van der Waals surface area (Å²) in [4.78, 5) is 12.4. The summed E-state index contributed by atoms with van der Waals surface area (Å²) in [6.07, 6.45) is -6.78. The van der Waals surface area contributed by atoms with Crippen molar-refractivity contribution in [3.8, 4) is 16.9 Å². The number of rotatable bonds is 9. The van der Waals surface area contributed by atoms with Crippen LogP contribution in [0.1, 0.15) is 27.8 Å². The van der Waals surface area contributed by atoms with Crippen LogP contribution in [0.4, 0.5) is 33.3 Å². The van der Waals surface area contributed by atoms with E-state index in [1.807, 2.05) is 25.1 Å². The van der Waals surface area contributed by atoms with E-state index in [4.69, 9.17) is 20.9 Å². The van der Waals surface area contributed by atoms with E-state index in [0.29, 0.717) is 22.5 Å². The van der Waals surface area contributed by atoms with Gasteiger partial charge in [0.1, 0.15) is 12.4 Å². The SMILES string of the molecule is Cc1cc(N)ccc1-c1ccc(N)cc1COC(=O)/C=C/c1ccc(OC(F)(F)c2ccc(CC(F)(F)F)cc2)cc1. The van der Waals surface area contributed by atoms with Crippen LogP contribution in [-0.4, -0.2) is 12.1 Å². The Balaban J connectivity index is 1.36. The van der Waals surface area contributed by atoms with Gasteiger partial charge in [-0.3, -0.25) is 0 Å². The van der Waals surface area contributed by atoms with E-state index in [1.54, 1.807) is 18.2 Å². The van der Waals surface area contributed by atoms with Crippen LogP contribution < -0.4 is 16.2 Å². The number of carbonyl (C=O) groups is 1. The number of hydrogen-bond acceptors (Lipinski definition) is 5. The van der Waals surface area contributed by atoms with Gasteiger partial charge >= 0.3 is 18.3 Å². The molecule has 0 saturated carbocycles. The molecule has 4 aromatic carbocycles. The van der Waals surface area contributed by atoms with Gasteiger partial charge in [-0.05, 0) is 94.9 Å². The summed E-state index contributed by atoms with van der Waals surface area (Å²) >= 11 is 0. The molecule has 4 N–H and O–H groups in total. The zero-order valence-corrected chi connectivity index (χ0v) is 22.4. The molecule has 0 aliphatic carbocycles. The summed E-state index contributed by atoms with van der Waals surface area (Å²) in [7, 11) is 0. The minimum absolute atomic E-state index is 0.0353. The first-order chi connectivity index (χ1) is 19.8. The van der Waals surface area contributed by atoms with Gasteiger partial charge in [-0.1, -0.05) is 36.4 Å². The van der Waals surface area contributed by atoms with Crippen LogP contribution in [0.2, 0.25) is 0 Å². The zero-order chi connectivity index (χ0) is 30.5. The minimum atomic E-state index is -4.44. The highest BCUT2D eigenvalue weighted by atomic mass is 19.4. The van der Waals surface area contributed by atoms with E-state index < -0.39 is 30.2 Å². The van der Waals surface area contributed by atoms with Crippen molar-refractivity contribution < 1.29 is 36.2 Å². The maximum atomic E-state index is 14.6. The average molecular weight is 583 g/mol. The Morgan fingerprint density at radius 1 is 0.810 bits per heavy atom. The molecule has 42 heavy (non-hydrogen) atoms. The summed E-state index contributed by atoms with van der Waals surface area (Å²) < 4.78 is 76.8. The van der Waals surface area contributed by atoms with E-state index in [0.717, 1.165) is 41.0 Å². The molecule has 0 atom stereocenters. The van der Waals surface area contributed by atoms with Crippen molar-refractivity contribution in [3.05, 3.63) is 119 Å². The van der Waals surface area contributed by atoms with E-state index in [2.05, 4.69) is 0 Å². The summed E-state index contributed by atoms with van der Waals surface area (Å²) in [6, 6.07) is 20.1. The first-order valence-electron chi connectivity index (χ1n) is 12.7. The third-order valence-corrected chi connectivity index (χ3v) is 6.27. The van der Waals surface area contributed by atoms with E-state index >= 15 is 0 Å². The molecule has 0 radical (unpaired) electrons. The number of nitrogen functional groups attached to an aromatic ring is 2. The van der Waals surface area contributed by atoms with Crippen molar-refractivity contribution in [2.24, 2.45) is 0 Å². The highest BCUT2D eigenvalue weighted by molar-refractivity contribution is 5.87. The molecule has 0 aliphatic rings. The van der Waals surface area contributed by atoms with Crippen molar-refractivity contribution in [1.29, 1.82) is 0 Å². The molecule has 5 nitrogen and oxygen atoms in total. The number of aryl methyl sites for hydroxylation is 1. The Hall–Kier alpha value is -4.86. The second-order valence-corrected chi connectivity index (χ2v) is 9.61. The van der Waals surface area contributed by atoms with Gasteiger partial charge in [-0.25, -0.2) is 4.79 Å². The number of halogens is 5. The van der Waals surface area contributed by atoms with Crippen molar-refractivity contribution in [3.63, 3.8) is 0 Å². The van der Waals surface area contributed by atoms with Crippen LogP contribution in [0, 0.1) is 6.92 Å². The molecule has 218 valence electrons. The number of hydrogen-bond donors (Lipinski definition) is 2. The maximum absolute atomic E-state index is 14.6. The third kappa shape index (κ3) is 8.09. The summed E-state index contributed by atoms with van der Waals surface area (Å²) in [5, 5.41) is 0. The van der Waals surface area contributed by atoms with Gasteiger partial charge in [0.15, 0.2) is 0 Å². The number of esters is 1. The van der Waals surface area contributed by atoms with E-state index in [1.165, 1.54) is 36.4 Å². The Labute approximate surface area is 239 Å². The van der Waals surface area contributed by atoms with Gasteiger partial charge in [0.2, 0.25) is 0 Å². The second-order valence-electron chi connectivity index (χ2n) is 9.61. The van der Waals surface area contributed by atoms with Gasteiger partial charge in [0.05, 0.1) is 12.0 Å². The monoisotopic (exact) mass is 582 g/mol. The van der Waals surface area contributed by atoms with Crippen molar-refractivity contribution >= 4 is 23.4 Å². The van der Waals surface area contributed by atoms with Gasteiger partial charge < -0.3 is 20.9 Å². The molecule has 0 bridgehead atoms. The lowest BCUT2D eigenvalue weighted by Crippen LogP contribution is -2.22. The van der Waals surface area contributed by atoms with Crippen LogP contribution in [-0.2, 0) is 28.7 Å². The number of ether oxygens (including phenoxy) is 2. The molecule has 0 aromatic heterocycles. The smallest absolute Gasteiger partial charge is 0.426 e. The highest BCUT2D eigenvalue weighted by Gasteiger charge is 2.35. The molecule has 0 spiro atoms. The Kier molecular flexibility index (Phi) is 8.84. The van der Waals surface area contributed by atoms with Crippen LogP contribution in [0.15, 0.2) is 91.0 Å². The topological polar surface area (TPSA) is 87.6 Å². The predicted molar refractivity (Wildman–Crippen MR) is 151 cm³/mol. The Morgan fingerprint density at radius 3 is 2.05 bits per heavy atom. The quantitative estimate of drug-likeness (QED) is 0.0910. The average Bonchev–Trinajstić information content (AvgIpc) is 2.91. The van der Waals surface area contributed by atoms with Gasteiger partial charge in [-0.2, -0.15) is 22.0 Å². The first kappa shape index (κ1) is 30.1. The summed E-state index contributed by atoms with van der Waals surface area (Å²) in [5.74, 6) is -0.801. The van der Waals surface area contributed by atoms with Crippen molar-refractivity contribution in [1.82, 2.24) is 0 Å². The lowest BCUT2D eigenvalue weighted by Gasteiger charge is -2.19. The maximum Gasteiger partial charge on any atom is 0.426 e. The largest absolute Gasteiger partial charge is 0.458 e. The van der Waals surface area contributed by atoms with Gasteiger partial charge in [-0.15, -0.1) is 0 Å². The number of nitrogens with two attached hydrogens (primary N) is 2. The normalized spacial score (nSPS) is 12.0. The van der Waals surface area contributed by atoms with Crippen molar-refractivity contribution in [2.75, 3.05) is 11.5 Å². The first-order valence-corrected chi connectivity index (χ1v) is 12.7. The molecule has 0 aliphatic heterocycles. The molecular formula is C32H27F5N2O3. The molecule has 0 amide bonds. The van der Waals surface area contributed by atoms with Crippen LogP contribution in [0.5, 0.6) is 5.75 Å². The second kappa shape index (κ2) is 12.3. The molecule has 4 aromatic rings. The standard InChI is InChI=1S/C32H27F5N2O3/c1-20-16-25(38)9-13-28(20)29-14-10-26(39)17-23(29)19-41-30(40)15-6-21-4-11-27(12-5-21)42-32(36,37)24-7-2-22(3-8-24)18-31(33,34)35/h2-17H,18-19,38-39H2,1H3/b15-6+. The Morgan fingerprint density at radius 2 is 1.43 bits per heavy atom. The number of anilines is 2. The number of benzene rings is 4. The van der Waals surface area contributed by atoms with Crippen LogP contribution in [0.25, 0.3) is 17.2 Å². The lowest BCUT2D eigenvalue weighted by molar-refractivity contribution is -0.185. The highest BCUT2D eigenvalue weighted by Crippen LogP contribution is 2.33. The zero-order valence-electron chi connectivity index (χ0n) is 22.4. The molecule has 4 rings (SSSR count). The molecule has 0 heterocycles. The fourth-order valence-corrected chi connectivity index (χ4v) is 4.25.